The lowest BCUT2D eigenvalue weighted by Crippen LogP contribution is -2.31. The topological polar surface area (TPSA) is 75.3 Å². The number of benzene rings is 1. The normalized spacial score (nSPS) is 18.6. The van der Waals surface area contributed by atoms with Crippen molar-refractivity contribution in [3.05, 3.63) is 23.8 Å². The third-order valence-electron chi connectivity index (χ3n) is 4.23. The van der Waals surface area contributed by atoms with Crippen LogP contribution in [-0.4, -0.2) is 17.6 Å². The van der Waals surface area contributed by atoms with E-state index < -0.39 is 0 Å². The van der Waals surface area contributed by atoms with Crippen LogP contribution in [0.5, 0.6) is 5.75 Å². The van der Waals surface area contributed by atoms with Crippen molar-refractivity contribution in [1.82, 2.24) is 5.32 Å². The van der Waals surface area contributed by atoms with E-state index in [0.717, 1.165) is 18.4 Å². The third kappa shape index (κ3) is 2.83. The number of rotatable bonds is 5. The fourth-order valence-corrected chi connectivity index (χ4v) is 2.81. The second kappa shape index (κ2) is 4.76. The molecule has 0 radical (unpaired) electrons. The Morgan fingerprint density at radius 2 is 1.95 bits per heavy atom. The molecule has 4 heteroatoms. The van der Waals surface area contributed by atoms with Crippen LogP contribution in [0.1, 0.15) is 36.0 Å². The van der Waals surface area contributed by atoms with E-state index in [4.69, 9.17) is 5.73 Å². The van der Waals surface area contributed by atoms with Crippen LogP contribution in [0.25, 0.3) is 0 Å². The van der Waals surface area contributed by atoms with E-state index in [2.05, 4.69) is 5.32 Å². The number of anilines is 1. The Balaban J connectivity index is 1.62. The number of hydrogen-bond donors (Lipinski definition) is 3. The number of carbonyl (C=O) groups is 1. The smallest absolute Gasteiger partial charge is 0.253 e. The van der Waals surface area contributed by atoms with Crippen LogP contribution in [0.4, 0.5) is 5.69 Å². The summed E-state index contributed by atoms with van der Waals surface area (Å²) < 4.78 is 0. The number of nitrogens with one attached hydrogen (secondary N) is 1. The van der Waals surface area contributed by atoms with Gasteiger partial charge in [-0.15, -0.1) is 0 Å². The van der Waals surface area contributed by atoms with Crippen LogP contribution in [0.2, 0.25) is 0 Å². The third-order valence-corrected chi connectivity index (χ3v) is 4.23. The van der Waals surface area contributed by atoms with Gasteiger partial charge < -0.3 is 16.2 Å². The average Bonchev–Trinajstić information content (AvgIpc) is 3.25. The maximum absolute atomic E-state index is 12.1. The van der Waals surface area contributed by atoms with Crippen LogP contribution < -0.4 is 11.1 Å². The van der Waals surface area contributed by atoms with Gasteiger partial charge in [0, 0.05) is 12.2 Å². The van der Waals surface area contributed by atoms with Crippen LogP contribution >= 0.6 is 0 Å². The first-order valence-electron chi connectivity index (χ1n) is 7.02. The summed E-state index contributed by atoms with van der Waals surface area (Å²) in [7, 11) is 0. The predicted octanol–water partition coefficient (Wildman–Crippen LogP) is 2.14. The van der Waals surface area contributed by atoms with E-state index in [1.54, 1.807) is 6.07 Å². The summed E-state index contributed by atoms with van der Waals surface area (Å²) in [6.45, 7) is 0.739. The van der Waals surface area contributed by atoms with Gasteiger partial charge >= 0.3 is 0 Å². The van der Waals surface area contributed by atoms with E-state index in [9.17, 15) is 9.90 Å². The number of amides is 1. The molecule has 1 aromatic rings. The molecule has 2 aliphatic carbocycles. The molecule has 3 rings (SSSR count). The molecule has 1 aromatic carbocycles. The molecule has 1 amide bonds. The fraction of sp³-hybridized carbons (Fsp3) is 0.533. The Labute approximate surface area is 113 Å². The molecule has 0 saturated heterocycles. The summed E-state index contributed by atoms with van der Waals surface area (Å²) in [6.07, 6.45) is 5.24. The van der Waals surface area contributed by atoms with Gasteiger partial charge in [-0.05, 0) is 61.6 Å². The van der Waals surface area contributed by atoms with Gasteiger partial charge in [-0.3, -0.25) is 4.79 Å². The van der Waals surface area contributed by atoms with Crippen LogP contribution in [0.3, 0.4) is 0 Å². The summed E-state index contributed by atoms with van der Waals surface area (Å²) in [5, 5.41) is 12.4. The van der Waals surface area contributed by atoms with Crippen molar-refractivity contribution in [2.45, 2.75) is 25.7 Å². The molecule has 102 valence electrons. The Morgan fingerprint density at radius 3 is 2.53 bits per heavy atom. The first-order chi connectivity index (χ1) is 9.15. The quantitative estimate of drug-likeness (QED) is 0.561. The highest BCUT2D eigenvalue weighted by Gasteiger charge is 2.41. The average molecular weight is 260 g/mol. The second-order valence-corrected chi connectivity index (χ2v) is 5.82. The van der Waals surface area contributed by atoms with E-state index >= 15 is 0 Å². The first-order valence-corrected chi connectivity index (χ1v) is 7.02. The number of carbonyl (C=O) groups excluding carboxylic acids is 1. The Bertz CT molecular complexity index is 481. The van der Waals surface area contributed by atoms with Crippen molar-refractivity contribution in [3.8, 4) is 5.75 Å². The lowest BCUT2D eigenvalue weighted by Gasteiger charge is -2.16. The lowest BCUT2D eigenvalue weighted by molar-refractivity contribution is 0.0944. The molecular formula is C15H20N2O2. The van der Waals surface area contributed by atoms with Crippen LogP contribution in [0.15, 0.2) is 18.2 Å². The maximum atomic E-state index is 12.1. The lowest BCUT2D eigenvalue weighted by atomic mass is 9.98. The van der Waals surface area contributed by atoms with Gasteiger partial charge in [-0.25, -0.2) is 0 Å². The Kier molecular flexibility index (Phi) is 3.09. The maximum Gasteiger partial charge on any atom is 0.253 e. The summed E-state index contributed by atoms with van der Waals surface area (Å²) in [5.41, 5.74) is 6.54. The van der Waals surface area contributed by atoms with Crippen molar-refractivity contribution in [1.29, 1.82) is 0 Å². The zero-order valence-electron chi connectivity index (χ0n) is 10.9. The molecule has 0 aromatic heterocycles. The van der Waals surface area contributed by atoms with Crippen molar-refractivity contribution >= 4 is 11.6 Å². The molecule has 2 saturated carbocycles. The van der Waals surface area contributed by atoms with Gasteiger partial charge in [0.05, 0.1) is 5.56 Å². The van der Waals surface area contributed by atoms with Gasteiger partial charge in [0.2, 0.25) is 0 Å². The largest absolute Gasteiger partial charge is 0.508 e. The highest BCUT2D eigenvalue weighted by atomic mass is 16.3. The molecule has 2 aliphatic rings. The number of phenolic OH excluding ortho intramolecular Hbond substituents is 1. The van der Waals surface area contributed by atoms with Gasteiger partial charge in [0.15, 0.2) is 0 Å². The molecular weight excluding hydrogens is 240 g/mol. The number of aromatic hydroxyl groups is 1. The molecule has 0 aliphatic heterocycles. The fourth-order valence-electron chi connectivity index (χ4n) is 2.81. The Hall–Kier alpha value is -1.71. The van der Waals surface area contributed by atoms with Crippen LogP contribution in [0, 0.1) is 17.8 Å². The highest BCUT2D eigenvalue weighted by Crippen LogP contribution is 2.48. The van der Waals surface area contributed by atoms with Gasteiger partial charge in [-0.2, -0.15) is 0 Å². The van der Waals surface area contributed by atoms with E-state index in [0.29, 0.717) is 17.2 Å². The minimum Gasteiger partial charge on any atom is -0.508 e. The number of nitrogens with two attached hydrogens (primary N) is 1. The zero-order valence-corrected chi connectivity index (χ0v) is 10.9. The minimum absolute atomic E-state index is 0.0697. The van der Waals surface area contributed by atoms with E-state index in [1.807, 2.05) is 0 Å². The second-order valence-electron chi connectivity index (χ2n) is 5.82. The highest BCUT2D eigenvalue weighted by molar-refractivity contribution is 5.99. The summed E-state index contributed by atoms with van der Waals surface area (Å²) in [5.74, 6) is 2.16. The van der Waals surface area contributed by atoms with E-state index in [1.165, 1.54) is 37.8 Å². The molecule has 0 spiro atoms. The number of phenols is 1. The molecule has 4 nitrogen and oxygen atoms in total. The standard InChI is InChI=1S/C15H20N2O2/c16-14-6-5-11(18)7-12(14)15(19)17-8-13(9-1-2-9)10-3-4-10/h5-7,9-10,13,18H,1-4,8,16H2,(H,17,19). The number of nitrogen functional groups attached to an aromatic ring is 1. The SMILES string of the molecule is Nc1ccc(O)cc1C(=O)NCC(C1CC1)C1CC1. The summed E-state index contributed by atoms with van der Waals surface area (Å²) in [4.78, 5) is 12.1. The van der Waals surface area contributed by atoms with Crippen LogP contribution in [-0.2, 0) is 0 Å². The van der Waals surface area contributed by atoms with Gasteiger partial charge in [0.25, 0.3) is 5.91 Å². The molecule has 4 N–H and O–H groups in total. The van der Waals surface area contributed by atoms with E-state index in [-0.39, 0.29) is 11.7 Å². The summed E-state index contributed by atoms with van der Waals surface area (Å²) in [6, 6.07) is 4.47. The van der Waals surface area contributed by atoms with Gasteiger partial charge in [0.1, 0.15) is 5.75 Å². The van der Waals surface area contributed by atoms with Crippen molar-refractivity contribution < 1.29 is 9.90 Å². The number of hydrogen-bond acceptors (Lipinski definition) is 3. The summed E-state index contributed by atoms with van der Waals surface area (Å²) >= 11 is 0. The zero-order chi connectivity index (χ0) is 13.4. The molecule has 0 atom stereocenters. The molecule has 0 bridgehead atoms. The Morgan fingerprint density at radius 1 is 1.32 bits per heavy atom. The monoisotopic (exact) mass is 260 g/mol. The minimum atomic E-state index is -0.181. The van der Waals surface area contributed by atoms with Gasteiger partial charge in [-0.1, -0.05) is 0 Å². The molecule has 2 fully saturated rings. The molecule has 0 unspecified atom stereocenters. The van der Waals surface area contributed by atoms with Crippen molar-refractivity contribution in [2.24, 2.45) is 17.8 Å². The first kappa shape index (κ1) is 12.3. The van der Waals surface area contributed by atoms with Crippen molar-refractivity contribution in [2.75, 3.05) is 12.3 Å². The predicted molar refractivity (Wildman–Crippen MR) is 73.8 cm³/mol. The molecule has 19 heavy (non-hydrogen) atoms. The van der Waals surface area contributed by atoms with Crippen molar-refractivity contribution in [3.63, 3.8) is 0 Å². The molecule has 0 heterocycles.